The Morgan fingerprint density at radius 3 is 2.50 bits per heavy atom. The Hall–Kier alpha value is -3.79. The maximum Gasteiger partial charge on any atom is 0.238 e. The second-order valence-electron chi connectivity index (χ2n) is 6.30. The van der Waals surface area contributed by atoms with Crippen molar-refractivity contribution in [2.75, 3.05) is 4.72 Å². The van der Waals surface area contributed by atoms with Gasteiger partial charge in [-0.05, 0) is 54.1 Å². The molecule has 1 N–H and O–H groups in total. The molecule has 0 aliphatic carbocycles. The molecule has 0 spiro atoms. The fourth-order valence-corrected chi connectivity index (χ4v) is 3.85. The third-order valence-corrected chi connectivity index (χ3v) is 5.22. The first kappa shape index (κ1) is 19.5. The standard InChI is InChI=1S/C20H16FN5O3S/c21-16-4-1-3-15(13-16)14-30(27,28)25-17-5-7-18(8-6-17)29-20-10-9-19(23-24-20)26-12-2-11-22-26/h1-13,25H,14H2. The number of nitrogens with one attached hydrogen (secondary N) is 1. The molecule has 0 atom stereocenters. The zero-order chi connectivity index (χ0) is 21.0. The topological polar surface area (TPSA) is 99.0 Å². The number of nitrogens with zero attached hydrogens (tertiary/aromatic N) is 4. The van der Waals surface area contributed by atoms with E-state index in [-0.39, 0.29) is 11.6 Å². The predicted octanol–water partition coefficient (Wildman–Crippen LogP) is 3.54. The maximum atomic E-state index is 13.2. The largest absolute Gasteiger partial charge is 0.438 e. The summed E-state index contributed by atoms with van der Waals surface area (Å²) < 4.78 is 47.5. The highest BCUT2D eigenvalue weighted by atomic mass is 32.2. The molecule has 2 aromatic heterocycles. The van der Waals surface area contributed by atoms with Gasteiger partial charge >= 0.3 is 0 Å². The summed E-state index contributed by atoms with van der Waals surface area (Å²) in [6.45, 7) is 0. The van der Waals surface area contributed by atoms with Crippen molar-refractivity contribution in [3.63, 3.8) is 0 Å². The number of sulfonamides is 1. The van der Waals surface area contributed by atoms with Gasteiger partial charge in [0, 0.05) is 24.1 Å². The van der Waals surface area contributed by atoms with Gasteiger partial charge in [-0.1, -0.05) is 12.1 Å². The minimum Gasteiger partial charge on any atom is -0.438 e. The SMILES string of the molecule is O=S(=O)(Cc1cccc(F)c1)Nc1ccc(Oc2ccc(-n3cccn3)nn2)cc1. The summed E-state index contributed by atoms with van der Waals surface area (Å²) in [5.41, 5.74) is 0.721. The Morgan fingerprint density at radius 2 is 1.83 bits per heavy atom. The Bertz CT molecular complexity index is 1230. The average molecular weight is 425 g/mol. The van der Waals surface area contributed by atoms with Crippen LogP contribution in [0.4, 0.5) is 10.1 Å². The molecule has 152 valence electrons. The molecule has 2 aromatic carbocycles. The van der Waals surface area contributed by atoms with Gasteiger partial charge in [0.15, 0.2) is 5.82 Å². The van der Waals surface area contributed by atoms with Crippen LogP contribution < -0.4 is 9.46 Å². The molecule has 0 bridgehead atoms. The van der Waals surface area contributed by atoms with Crippen molar-refractivity contribution in [1.29, 1.82) is 0 Å². The van der Waals surface area contributed by atoms with Crippen LogP contribution in [0, 0.1) is 5.82 Å². The second-order valence-corrected chi connectivity index (χ2v) is 8.02. The Kier molecular flexibility index (Phi) is 5.40. The van der Waals surface area contributed by atoms with Crippen molar-refractivity contribution < 1.29 is 17.5 Å². The molecular weight excluding hydrogens is 409 g/mol. The van der Waals surface area contributed by atoms with Crippen LogP contribution in [0.5, 0.6) is 11.6 Å². The van der Waals surface area contributed by atoms with Crippen LogP contribution >= 0.6 is 0 Å². The molecule has 0 radical (unpaired) electrons. The van der Waals surface area contributed by atoms with Crippen LogP contribution in [0.2, 0.25) is 0 Å². The summed E-state index contributed by atoms with van der Waals surface area (Å²) in [5.74, 6) is 0.483. The zero-order valence-corrected chi connectivity index (χ0v) is 16.3. The summed E-state index contributed by atoms with van der Waals surface area (Å²) in [7, 11) is -3.69. The molecule has 2 heterocycles. The lowest BCUT2D eigenvalue weighted by Gasteiger charge is -2.09. The van der Waals surface area contributed by atoms with E-state index in [1.54, 1.807) is 65.6 Å². The molecule has 30 heavy (non-hydrogen) atoms. The van der Waals surface area contributed by atoms with E-state index in [0.29, 0.717) is 22.8 Å². The van der Waals surface area contributed by atoms with Crippen molar-refractivity contribution in [3.05, 3.63) is 90.5 Å². The molecular formula is C20H16FN5O3S. The predicted molar refractivity (Wildman–Crippen MR) is 108 cm³/mol. The van der Waals surface area contributed by atoms with Crippen molar-refractivity contribution >= 4 is 15.7 Å². The van der Waals surface area contributed by atoms with Crippen molar-refractivity contribution in [2.24, 2.45) is 0 Å². The lowest BCUT2D eigenvalue weighted by atomic mass is 10.2. The van der Waals surface area contributed by atoms with Crippen LogP contribution in [-0.4, -0.2) is 28.4 Å². The first-order chi connectivity index (χ1) is 14.5. The first-order valence-corrected chi connectivity index (χ1v) is 10.5. The summed E-state index contributed by atoms with van der Waals surface area (Å²) in [6.07, 6.45) is 3.39. The Morgan fingerprint density at radius 1 is 1.00 bits per heavy atom. The molecule has 0 unspecified atom stereocenters. The lowest BCUT2D eigenvalue weighted by Crippen LogP contribution is -2.15. The summed E-state index contributed by atoms with van der Waals surface area (Å²) >= 11 is 0. The molecule has 10 heteroatoms. The van der Waals surface area contributed by atoms with E-state index in [4.69, 9.17) is 4.74 Å². The highest BCUT2D eigenvalue weighted by Gasteiger charge is 2.12. The van der Waals surface area contributed by atoms with E-state index >= 15 is 0 Å². The van der Waals surface area contributed by atoms with Crippen molar-refractivity contribution in [1.82, 2.24) is 20.0 Å². The molecule has 0 amide bonds. The number of benzene rings is 2. The Balaban J connectivity index is 1.39. The minimum absolute atomic E-state index is 0.283. The van der Waals surface area contributed by atoms with Gasteiger partial charge in [0.05, 0.1) is 5.75 Å². The third kappa shape index (κ3) is 4.97. The highest BCUT2D eigenvalue weighted by molar-refractivity contribution is 7.91. The van der Waals surface area contributed by atoms with E-state index in [9.17, 15) is 12.8 Å². The summed E-state index contributed by atoms with van der Waals surface area (Å²) in [5, 5.41) is 12.1. The average Bonchev–Trinajstić information content (AvgIpc) is 3.24. The number of aromatic nitrogens is 4. The van der Waals surface area contributed by atoms with Gasteiger partial charge in [-0.3, -0.25) is 4.72 Å². The summed E-state index contributed by atoms with van der Waals surface area (Å²) in [6, 6.07) is 16.9. The number of halogens is 1. The summed E-state index contributed by atoms with van der Waals surface area (Å²) in [4.78, 5) is 0. The molecule has 0 saturated heterocycles. The van der Waals surface area contributed by atoms with Crippen LogP contribution in [0.3, 0.4) is 0 Å². The van der Waals surface area contributed by atoms with Crippen LogP contribution in [0.25, 0.3) is 5.82 Å². The van der Waals surface area contributed by atoms with Gasteiger partial charge < -0.3 is 4.74 Å². The van der Waals surface area contributed by atoms with Gasteiger partial charge in [-0.25, -0.2) is 17.5 Å². The van der Waals surface area contributed by atoms with Gasteiger partial charge in [0.2, 0.25) is 15.9 Å². The quantitative estimate of drug-likeness (QED) is 0.486. The van der Waals surface area contributed by atoms with Gasteiger partial charge in [0.25, 0.3) is 0 Å². The van der Waals surface area contributed by atoms with E-state index in [1.807, 2.05) is 0 Å². The number of hydrogen-bond donors (Lipinski definition) is 1. The van der Waals surface area contributed by atoms with Crippen LogP contribution in [-0.2, 0) is 15.8 Å². The van der Waals surface area contributed by atoms with E-state index in [1.165, 1.54) is 18.2 Å². The lowest BCUT2D eigenvalue weighted by molar-refractivity contribution is 0.454. The molecule has 8 nitrogen and oxygen atoms in total. The molecule has 4 rings (SSSR count). The van der Waals surface area contributed by atoms with Crippen molar-refractivity contribution in [2.45, 2.75) is 5.75 Å². The molecule has 0 saturated carbocycles. The smallest absolute Gasteiger partial charge is 0.238 e. The van der Waals surface area contributed by atoms with E-state index < -0.39 is 15.8 Å². The second kappa shape index (κ2) is 8.29. The number of hydrogen-bond acceptors (Lipinski definition) is 6. The normalized spacial score (nSPS) is 11.2. The van der Waals surface area contributed by atoms with Crippen LogP contribution in [0.15, 0.2) is 79.1 Å². The fourth-order valence-electron chi connectivity index (χ4n) is 2.67. The maximum absolute atomic E-state index is 13.2. The van der Waals surface area contributed by atoms with Crippen molar-refractivity contribution in [3.8, 4) is 17.4 Å². The van der Waals surface area contributed by atoms with Crippen LogP contribution in [0.1, 0.15) is 5.56 Å². The molecule has 0 aliphatic rings. The molecule has 0 aliphatic heterocycles. The third-order valence-electron chi connectivity index (χ3n) is 3.96. The first-order valence-electron chi connectivity index (χ1n) is 8.83. The van der Waals surface area contributed by atoms with Gasteiger partial charge in [-0.15, -0.1) is 10.2 Å². The zero-order valence-electron chi connectivity index (χ0n) is 15.5. The van der Waals surface area contributed by atoms with Gasteiger partial charge in [-0.2, -0.15) is 5.10 Å². The Labute approximate surface area is 172 Å². The highest BCUT2D eigenvalue weighted by Crippen LogP contribution is 2.22. The molecule has 4 aromatic rings. The number of anilines is 1. The minimum atomic E-state index is -3.69. The number of ether oxygens (including phenoxy) is 1. The fraction of sp³-hybridized carbons (Fsp3) is 0.0500. The van der Waals surface area contributed by atoms with E-state index in [0.717, 1.165) is 0 Å². The monoisotopic (exact) mass is 425 g/mol. The molecule has 0 fully saturated rings. The number of rotatable bonds is 7. The van der Waals surface area contributed by atoms with Gasteiger partial charge in [0.1, 0.15) is 11.6 Å². The van der Waals surface area contributed by atoms with E-state index in [2.05, 4.69) is 20.0 Å².